The summed E-state index contributed by atoms with van der Waals surface area (Å²) in [6.45, 7) is 6.17. The molecule has 2 nitrogen and oxygen atoms in total. The SMILES string of the molecule is CCCNC(COC)c1cccc(CCC)c1. The summed E-state index contributed by atoms with van der Waals surface area (Å²) in [5.74, 6) is 0. The summed E-state index contributed by atoms with van der Waals surface area (Å²) in [6, 6.07) is 9.16. The van der Waals surface area contributed by atoms with Gasteiger partial charge >= 0.3 is 0 Å². The molecule has 0 heterocycles. The Morgan fingerprint density at radius 1 is 1.24 bits per heavy atom. The van der Waals surface area contributed by atoms with E-state index in [-0.39, 0.29) is 0 Å². The van der Waals surface area contributed by atoms with Crippen molar-refractivity contribution in [3.05, 3.63) is 35.4 Å². The molecule has 96 valence electrons. The van der Waals surface area contributed by atoms with Crippen molar-refractivity contribution in [1.82, 2.24) is 5.32 Å². The molecule has 1 atom stereocenters. The van der Waals surface area contributed by atoms with E-state index in [0.717, 1.165) is 26.0 Å². The van der Waals surface area contributed by atoms with E-state index in [1.165, 1.54) is 17.5 Å². The maximum absolute atomic E-state index is 5.29. The van der Waals surface area contributed by atoms with E-state index < -0.39 is 0 Å². The highest BCUT2D eigenvalue weighted by Crippen LogP contribution is 2.16. The quantitative estimate of drug-likeness (QED) is 0.746. The average molecular weight is 235 g/mol. The van der Waals surface area contributed by atoms with Crippen LogP contribution in [0.5, 0.6) is 0 Å². The van der Waals surface area contributed by atoms with Crippen LogP contribution in [0.3, 0.4) is 0 Å². The molecule has 0 bridgehead atoms. The molecule has 2 heteroatoms. The molecule has 0 aliphatic carbocycles. The van der Waals surface area contributed by atoms with E-state index in [4.69, 9.17) is 4.74 Å². The minimum Gasteiger partial charge on any atom is -0.383 e. The second-order valence-corrected chi connectivity index (χ2v) is 4.46. The van der Waals surface area contributed by atoms with Crippen molar-refractivity contribution in [1.29, 1.82) is 0 Å². The molecular formula is C15H25NO. The van der Waals surface area contributed by atoms with Gasteiger partial charge in [0.1, 0.15) is 0 Å². The number of hydrogen-bond donors (Lipinski definition) is 1. The highest BCUT2D eigenvalue weighted by atomic mass is 16.5. The summed E-state index contributed by atoms with van der Waals surface area (Å²) in [4.78, 5) is 0. The van der Waals surface area contributed by atoms with Gasteiger partial charge in [0.25, 0.3) is 0 Å². The molecular weight excluding hydrogens is 210 g/mol. The van der Waals surface area contributed by atoms with Crippen LogP contribution in [0.25, 0.3) is 0 Å². The van der Waals surface area contributed by atoms with Crippen molar-refractivity contribution < 1.29 is 4.74 Å². The highest BCUT2D eigenvalue weighted by molar-refractivity contribution is 5.26. The van der Waals surface area contributed by atoms with E-state index in [0.29, 0.717) is 6.04 Å². The van der Waals surface area contributed by atoms with Crippen molar-refractivity contribution in [2.45, 2.75) is 39.2 Å². The van der Waals surface area contributed by atoms with Crippen LogP contribution in [0.2, 0.25) is 0 Å². The van der Waals surface area contributed by atoms with Gasteiger partial charge in [-0.05, 0) is 30.5 Å². The van der Waals surface area contributed by atoms with E-state index in [2.05, 4.69) is 43.4 Å². The van der Waals surface area contributed by atoms with Crippen LogP contribution >= 0.6 is 0 Å². The number of aryl methyl sites for hydroxylation is 1. The Morgan fingerprint density at radius 2 is 2.06 bits per heavy atom. The van der Waals surface area contributed by atoms with Crippen LogP contribution in [0, 0.1) is 0 Å². The Kier molecular flexibility index (Phi) is 6.90. The predicted octanol–water partition coefficient (Wildman–Crippen LogP) is 3.33. The van der Waals surface area contributed by atoms with Gasteiger partial charge in [-0.25, -0.2) is 0 Å². The zero-order valence-corrected chi connectivity index (χ0v) is 11.3. The second-order valence-electron chi connectivity index (χ2n) is 4.46. The van der Waals surface area contributed by atoms with Gasteiger partial charge in [-0.1, -0.05) is 44.5 Å². The first-order chi connectivity index (χ1) is 8.31. The highest BCUT2D eigenvalue weighted by Gasteiger charge is 2.10. The van der Waals surface area contributed by atoms with Crippen LogP contribution in [0.4, 0.5) is 0 Å². The predicted molar refractivity (Wildman–Crippen MR) is 73.3 cm³/mol. The number of rotatable bonds is 8. The summed E-state index contributed by atoms with van der Waals surface area (Å²) in [7, 11) is 1.76. The molecule has 0 amide bonds. The molecule has 0 saturated heterocycles. The lowest BCUT2D eigenvalue weighted by Crippen LogP contribution is -2.26. The fourth-order valence-electron chi connectivity index (χ4n) is 2.01. The van der Waals surface area contributed by atoms with Crippen LogP contribution in [-0.2, 0) is 11.2 Å². The Morgan fingerprint density at radius 3 is 2.71 bits per heavy atom. The Labute approximate surface area is 105 Å². The molecule has 17 heavy (non-hydrogen) atoms. The molecule has 0 spiro atoms. The van der Waals surface area contributed by atoms with Crippen LogP contribution in [0.1, 0.15) is 43.9 Å². The largest absolute Gasteiger partial charge is 0.383 e. The lowest BCUT2D eigenvalue weighted by atomic mass is 10.0. The fraction of sp³-hybridized carbons (Fsp3) is 0.600. The van der Waals surface area contributed by atoms with Crippen molar-refractivity contribution in [3.8, 4) is 0 Å². The van der Waals surface area contributed by atoms with Gasteiger partial charge in [0.2, 0.25) is 0 Å². The third-order valence-corrected chi connectivity index (χ3v) is 2.87. The number of methoxy groups -OCH3 is 1. The molecule has 0 fully saturated rings. The molecule has 0 radical (unpaired) electrons. The number of benzene rings is 1. The maximum atomic E-state index is 5.29. The molecule has 1 unspecified atom stereocenters. The van der Waals surface area contributed by atoms with E-state index in [1.807, 2.05) is 0 Å². The van der Waals surface area contributed by atoms with Crippen LogP contribution < -0.4 is 5.32 Å². The van der Waals surface area contributed by atoms with Gasteiger partial charge in [-0.2, -0.15) is 0 Å². The summed E-state index contributed by atoms with van der Waals surface area (Å²) < 4.78 is 5.29. The molecule has 0 aliphatic rings. The summed E-state index contributed by atoms with van der Waals surface area (Å²) in [5.41, 5.74) is 2.76. The summed E-state index contributed by atoms with van der Waals surface area (Å²) >= 11 is 0. The fourth-order valence-corrected chi connectivity index (χ4v) is 2.01. The third-order valence-electron chi connectivity index (χ3n) is 2.87. The molecule has 1 N–H and O–H groups in total. The van der Waals surface area contributed by atoms with Crippen LogP contribution in [0.15, 0.2) is 24.3 Å². The lowest BCUT2D eigenvalue weighted by molar-refractivity contribution is 0.167. The topological polar surface area (TPSA) is 21.3 Å². The smallest absolute Gasteiger partial charge is 0.0657 e. The summed E-state index contributed by atoms with van der Waals surface area (Å²) in [5, 5.41) is 3.53. The van der Waals surface area contributed by atoms with Crippen molar-refractivity contribution in [2.24, 2.45) is 0 Å². The number of ether oxygens (including phenoxy) is 1. The number of hydrogen-bond acceptors (Lipinski definition) is 2. The van der Waals surface area contributed by atoms with Crippen molar-refractivity contribution in [2.75, 3.05) is 20.3 Å². The van der Waals surface area contributed by atoms with Gasteiger partial charge in [0, 0.05) is 7.11 Å². The monoisotopic (exact) mass is 235 g/mol. The van der Waals surface area contributed by atoms with Gasteiger partial charge < -0.3 is 10.1 Å². The van der Waals surface area contributed by atoms with Gasteiger partial charge in [-0.15, -0.1) is 0 Å². The first-order valence-corrected chi connectivity index (χ1v) is 6.63. The summed E-state index contributed by atoms with van der Waals surface area (Å²) in [6.07, 6.45) is 3.50. The van der Waals surface area contributed by atoms with Gasteiger partial charge in [0.05, 0.1) is 12.6 Å². The standard InChI is InChI=1S/C15H25NO/c1-4-7-13-8-6-9-14(11-13)15(12-17-3)16-10-5-2/h6,8-9,11,15-16H,4-5,7,10,12H2,1-3H3. The third kappa shape index (κ3) is 4.88. The molecule has 1 aromatic carbocycles. The average Bonchev–Trinajstić information content (AvgIpc) is 2.35. The molecule has 1 aromatic rings. The maximum Gasteiger partial charge on any atom is 0.0657 e. The lowest BCUT2D eigenvalue weighted by Gasteiger charge is -2.18. The normalized spacial score (nSPS) is 12.6. The first-order valence-electron chi connectivity index (χ1n) is 6.63. The van der Waals surface area contributed by atoms with Gasteiger partial charge in [-0.3, -0.25) is 0 Å². The van der Waals surface area contributed by atoms with Crippen LogP contribution in [-0.4, -0.2) is 20.3 Å². The molecule has 1 rings (SSSR count). The Hall–Kier alpha value is -0.860. The molecule has 0 aromatic heterocycles. The van der Waals surface area contributed by atoms with E-state index in [9.17, 15) is 0 Å². The molecule has 0 aliphatic heterocycles. The van der Waals surface area contributed by atoms with E-state index in [1.54, 1.807) is 7.11 Å². The second kappa shape index (κ2) is 8.26. The van der Waals surface area contributed by atoms with Crippen molar-refractivity contribution >= 4 is 0 Å². The minimum atomic E-state index is 0.316. The first kappa shape index (κ1) is 14.2. The Bertz CT molecular complexity index is 312. The number of nitrogens with one attached hydrogen (secondary N) is 1. The zero-order chi connectivity index (χ0) is 12.5. The zero-order valence-electron chi connectivity index (χ0n) is 11.3. The van der Waals surface area contributed by atoms with Crippen molar-refractivity contribution in [3.63, 3.8) is 0 Å². The van der Waals surface area contributed by atoms with E-state index >= 15 is 0 Å². The van der Waals surface area contributed by atoms with Gasteiger partial charge in [0.15, 0.2) is 0 Å². The molecule has 0 saturated carbocycles. The Balaban J connectivity index is 2.73. The minimum absolute atomic E-state index is 0.316.